The molecule has 12 heavy (non-hydrogen) atoms. The van der Waals surface area contributed by atoms with E-state index in [9.17, 15) is 4.79 Å². The summed E-state index contributed by atoms with van der Waals surface area (Å²) in [6.45, 7) is 3.54. The van der Waals surface area contributed by atoms with Crippen molar-refractivity contribution in [2.24, 2.45) is 0 Å². The van der Waals surface area contributed by atoms with Gasteiger partial charge in [0, 0.05) is 19.2 Å². The highest BCUT2D eigenvalue weighted by molar-refractivity contribution is 5.92. The first-order valence-corrected chi connectivity index (χ1v) is 3.86. The summed E-state index contributed by atoms with van der Waals surface area (Å²) in [5.74, 6) is 0.0289. The molecule has 0 N–H and O–H groups in total. The largest absolute Gasteiger partial charge is 0.316 e. The van der Waals surface area contributed by atoms with Gasteiger partial charge in [-0.25, -0.2) is 0 Å². The number of carbonyl (C=O) groups excluding carboxylic acids is 1. The first-order valence-electron chi connectivity index (χ1n) is 3.86. The number of benzene rings is 1. The summed E-state index contributed by atoms with van der Waals surface area (Å²) in [5.41, 5.74) is 0.908. The summed E-state index contributed by atoms with van der Waals surface area (Å²) in [7, 11) is 1.75. The molecular weight excluding hydrogens is 150 g/mol. The van der Waals surface area contributed by atoms with Crippen molar-refractivity contribution in [2.75, 3.05) is 11.9 Å². The minimum Gasteiger partial charge on any atom is -0.316 e. The van der Waals surface area contributed by atoms with Crippen LogP contribution in [0.3, 0.4) is 0 Å². The van der Waals surface area contributed by atoms with Gasteiger partial charge in [0.15, 0.2) is 0 Å². The molecule has 0 saturated carbocycles. The maximum atomic E-state index is 11.2. The third-order valence-corrected chi connectivity index (χ3v) is 1.73. The molecule has 1 aromatic rings. The maximum absolute atomic E-state index is 11.2. The SMILES string of the molecule is [CH2]CC(=O)N(C)c1ccccc1. The predicted octanol–water partition coefficient (Wildman–Crippen LogP) is 1.87. The lowest BCUT2D eigenvalue weighted by Crippen LogP contribution is -2.24. The minimum absolute atomic E-state index is 0.0289. The van der Waals surface area contributed by atoms with Gasteiger partial charge >= 0.3 is 0 Å². The van der Waals surface area contributed by atoms with Crippen LogP contribution in [-0.2, 0) is 4.79 Å². The third kappa shape index (κ3) is 1.84. The molecule has 0 bridgehead atoms. The molecule has 1 amide bonds. The number of amides is 1. The van der Waals surface area contributed by atoms with Gasteiger partial charge in [-0.05, 0) is 19.1 Å². The van der Waals surface area contributed by atoms with E-state index in [4.69, 9.17) is 0 Å². The van der Waals surface area contributed by atoms with E-state index in [-0.39, 0.29) is 5.91 Å². The number of rotatable bonds is 2. The number of hydrogen-bond donors (Lipinski definition) is 0. The van der Waals surface area contributed by atoms with Crippen LogP contribution in [0.25, 0.3) is 0 Å². The summed E-state index contributed by atoms with van der Waals surface area (Å²) in [6.07, 6.45) is 0.297. The average Bonchev–Trinajstić information content (AvgIpc) is 2.17. The Labute approximate surface area is 72.8 Å². The van der Waals surface area contributed by atoms with Gasteiger partial charge in [0.2, 0.25) is 5.91 Å². The number of hydrogen-bond acceptors (Lipinski definition) is 1. The van der Waals surface area contributed by atoms with E-state index >= 15 is 0 Å². The molecule has 0 aliphatic rings. The fourth-order valence-corrected chi connectivity index (χ4v) is 0.963. The monoisotopic (exact) mass is 162 g/mol. The Bertz CT molecular complexity index is 256. The Morgan fingerprint density at radius 2 is 2.00 bits per heavy atom. The molecule has 0 aromatic heterocycles. The molecule has 1 rings (SSSR count). The molecule has 1 aromatic carbocycles. The van der Waals surface area contributed by atoms with Crippen molar-refractivity contribution >= 4 is 11.6 Å². The van der Waals surface area contributed by atoms with E-state index in [0.717, 1.165) is 5.69 Å². The van der Waals surface area contributed by atoms with Crippen molar-refractivity contribution < 1.29 is 4.79 Å². The lowest BCUT2D eigenvalue weighted by Gasteiger charge is -2.15. The Morgan fingerprint density at radius 1 is 1.42 bits per heavy atom. The van der Waals surface area contributed by atoms with E-state index in [1.807, 2.05) is 30.3 Å². The maximum Gasteiger partial charge on any atom is 0.226 e. The van der Waals surface area contributed by atoms with Crippen LogP contribution in [-0.4, -0.2) is 13.0 Å². The van der Waals surface area contributed by atoms with Crippen LogP contribution in [0, 0.1) is 6.92 Å². The van der Waals surface area contributed by atoms with Gasteiger partial charge in [-0.15, -0.1) is 0 Å². The summed E-state index contributed by atoms with van der Waals surface area (Å²) >= 11 is 0. The number of anilines is 1. The molecule has 0 aliphatic carbocycles. The van der Waals surface area contributed by atoms with E-state index in [1.54, 1.807) is 11.9 Å². The molecule has 0 fully saturated rings. The van der Waals surface area contributed by atoms with Crippen LogP contribution in [0.5, 0.6) is 0 Å². The summed E-state index contributed by atoms with van der Waals surface area (Å²) in [6, 6.07) is 9.53. The molecular formula is C10H12NO. The molecule has 1 radical (unpaired) electrons. The van der Waals surface area contributed by atoms with Crippen molar-refractivity contribution in [1.29, 1.82) is 0 Å². The minimum atomic E-state index is 0.0289. The first-order chi connectivity index (χ1) is 5.75. The predicted molar refractivity (Wildman–Crippen MR) is 49.8 cm³/mol. The van der Waals surface area contributed by atoms with Crippen LogP contribution >= 0.6 is 0 Å². The first kappa shape index (κ1) is 8.78. The van der Waals surface area contributed by atoms with Gasteiger partial charge in [-0.2, -0.15) is 0 Å². The second kappa shape index (κ2) is 3.90. The van der Waals surface area contributed by atoms with Crippen molar-refractivity contribution in [3.8, 4) is 0 Å². The van der Waals surface area contributed by atoms with Gasteiger partial charge in [-0.3, -0.25) is 4.79 Å². The van der Waals surface area contributed by atoms with E-state index in [1.165, 1.54) is 0 Å². The van der Waals surface area contributed by atoms with Gasteiger partial charge in [0.1, 0.15) is 0 Å². The molecule has 63 valence electrons. The lowest BCUT2D eigenvalue weighted by atomic mass is 10.3. The Balaban J connectivity index is 2.78. The smallest absolute Gasteiger partial charge is 0.226 e. The quantitative estimate of drug-likeness (QED) is 0.650. The second-order valence-corrected chi connectivity index (χ2v) is 2.54. The molecule has 0 unspecified atom stereocenters. The van der Waals surface area contributed by atoms with E-state index in [0.29, 0.717) is 6.42 Å². The lowest BCUT2D eigenvalue weighted by molar-refractivity contribution is -0.117. The van der Waals surface area contributed by atoms with Gasteiger partial charge in [-0.1, -0.05) is 18.2 Å². The van der Waals surface area contributed by atoms with Crippen LogP contribution in [0.1, 0.15) is 6.42 Å². The molecule has 0 atom stereocenters. The molecule has 0 spiro atoms. The molecule has 2 nitrogen and oxygen atoms in total. The zero-order valence-electron chi connectivity index (χ0n) is 7.16. The van der Waals surface area contributed by atoms with Crippen LogP contribution in [0.2, 0.25) is 0 Å². The fraction of sp³-hybridized carbons (Fsp3) is 0.200. The highest BCUT2D eigenvalue weighted by Gasteiger charge is 2.06. The van der Waals surface area contributed by atoms with Crippen molar-refractivity contribution in [2.45, 2.75) is 6.42 Å². The summed E-state index contributed by atoms with van der Waals surface area (Å²) in [5, 5.41) is 0. The van der Waals surface area contributed by atoms with Crippen LogP contribution in [0.15, 0.2) is 30.3 Å². The van der Waals surface area contributed by atoms with Crippen LogP contribution < -0.4 is 4.90 Å². The normalized spacial score (nSPS) is 9.50. The molecule has 0 saturated heterocycles. The Kier molecular flexibility index (Phi) is 2.86. The van der Waals surface area contributed by atoms with Gasteiger partial charge in [0.25, 0.3) is 0 Å². The van der Waals surface area contributed by atoms with Crippen LogP contribution in [0.4, 0.5) is 5.69 Å². The third-order valence-electron chi connectivity index (χ3n) is 1.73. The summed E-state index contributed by atoms with van der Waals surface area (Å²) < 4.78 is 0. The molecule has 2 heteroatoms. The zero-order chi connectivity index (χ0) is 8.97. The Morgan fingerprint density at radius 3 is 2.50 bits per heavy atom. The topological polar surface area (TPSA) is 20.3 Å². The number of carbonyl (C=O) groups is 1. The second-order valence-electron chi connectivity index (χ2n) is 2.54. The highest BCUT2D eigenvalue weighted by Crippen LogP contribution is 2.11. The molecule has 0 aliphatic heterocycles. The fourth-order valence-electron chi connectivity index (χ4n) is 0.963. The average molecular weight is 162 g/mol. The van der Waals surface area contributed by atoms with Crippen molar-refractivity contribution in [3.63, 3.8) is 0 Å². The molecule has 0 heterocycles. The number of nitrogens with zero attached hydrogens (tertiary/aromatic N) is 1. The van der Waals surface area contributed by atoms with Crippen molar-refractivity contribution in [3.05, 3.63) is 37.3 Å². The van der Waals surface area contributed by atoms with Gasteiger partial charge in [0.05, 0.1) is 0 Å². The summed E-state index contributed by atoms with van der Waals surface area (Å²) in [4.78, 5) is 12.8. The van der Waals surface area contributed by atoms with E-state index in [2.05, 4.69) is 6.92 Å². The van der Waals surface area contributed by atoms with E-state index < -0.39 is 0 Å². The van der Waals surface area contributed by atoms with Gasteiger partial charge < -0.3 is 4.90 Å². The highest BCUT2D eigenvalue weighted by atomic mass is 16.2. The standard InChI is InChI=1S/C10H12NO/c1-3-10(12)11(2)9-7-5-4-6-8-9/h4-8H,1,3H2,2H3. The zero-order valence-corrected chi connectivity index (χ0v) is 7.16. The van der Waals surface area contributed by atoms with Crippen molar-refractivity contribution in [1.82, 2.24) is 0 Å². The Hall–Kier alpha value is -1.31. The number of para-hydroxylation sites is 1.